The fourth-order valence-electron chi connectivity index (χ4n) is 3.08. The first-order valence-electron chi connectivity index (χ1n) is 7.63. The predicted molar refractivity (Wildman–Crippen MR) is 75.8 cm³/mol. The maximum absolute atomic E-state index is 5.69. The van der Waals surface area contributed by atoms with Crippen LogP contribution < -0.4 is 5.32 Å². The van der Waals surface area contributed by atoms with Crippen molar-refractivity contribution in [3.63, 3.8) is 0 Å². The standard InChI is InChI=1S/C15H30N2O/c1-13(2)16-10-15(6-9-18-12-15)11-17-7-4-14(3)5-8-17/h13-14,16H,4-12H2,1-3H3. The Hall–Kier alpha value is -0.120. The fourth-order valence-corrected chi connectivity index (χ4v) is 3.08. The summed E-state index contributed by atoms with van der Waals surface area (Å²) < 4.78 is 5.69. The van der Waals surface area contributed by atoms with Crippen molar-refractivity contribution in [3.8, 4) is 0 Å². The van der Waals surface area contributed by atoms with Crippen LogP contribution in [0.3, 0.4) is 0 Å². The molecule has 2 aliphatic rings. The van der Waals surface area contributed by atoms with Crippen molar-refractivity contribution in [2.24, 2.45) is 11.3 Å². The molecule has 2 saturated heterocycles. The lowest BCUT2D eigenvalue weighted by atomic mass is 9.85. The highest BCUT2D eigenvalue weighted by Crippen LogP contribution is 2.30. The summed E-state index contributed by atoms with van der Waals surface area (Å²) in [6.07, 6.45) is 3.96. The average Bonchev–Trinajstić information content (AvgIpc) is 2.79. The van der Waals surface area contributed by atoms with Crippen molar-refractivity contribution in [2.45, 2.75) is 46.1 Å². The Morgan fingerprint density at radius 3 is 2.61 bits per heavy atom. The Morgan fingerprint density at radius 2 is 2.06 bits per heavy atom. The zero-order chi connectivity index (χ0) is 13.0. The number of piperidine rings is 1. The molecule has 0 aromatic carbocycles. The van der Waals surface area contributed by atoms with Gasteiger partial charge in [0.15, 0.2) is 0 Å². The van der Waals surface area contributed by atoms with E-state index in [9.17, 15) is 0 Å². The monoisotopic (exact) mass is 254 g/mol. The van der Waals surface area contributed by atoms with Gasteiger partial charge in [0.05, 0.1) is 6.61 Å². The van der Waals surface area contributed by atoms with E-state index in [1.54, 1.807) is 0 Å². The first-order valence-corrected chi connectivity index (χ1v) is 7.63. The lowest BCUT2D eigenvalue weighted by Gasteiger charge is -2.38. The smallest absolute Gasteiger partial charge is 0.0547 e. The van der Waals surface area contributed by atoms with Gasteiger partial charge in [0.2, 0.25) is 0 Å². The SMILES string of the molecule is CC1CCN(CC2(CNC(C)C)CCOC2)CC1. The minimum atomic E-state index is 0.366. The highest BCUT2D eigenvalue weighted by Gasteiger charge is 2.37. The molecule has 0 aliphatic carbocycles. The Bertz CT molecular complexity index is 241. The lowest BCUT2D eigenvalue weighted by molar-refractivity contribution is 0.0880. The van der Waals surface area contributed by atoms with Crippen LogP contribution >= 0.6 is 0 Å². The third-order valence-corrected chi connectivity index (χ3v) is 4.51. The highest BCUT2D eigenvalue weighted by molar-refractivity contribution is 4.89. The van der Waals surface area contributed by atoms with Crippen LogP contribution in [0.2, 0.25) is 0 Å². The van der Waals surface area contributed by atoms with Crippen LogP contribution in [0.4, 0.5) is 0 Å². The van der Waals surface area contributed by atoms with E-state index in [0.717, 1.165) is 25.7 Å². The Balaban J connectivity index is 1.85. The molecule has 0 amide bonds. The largest absolute Gasteiger partial charge is 0.381 e. The molecule has 0 saturated carbocycles. The molecule has 3 heteroatoms. The van der Waals surface area contributed by atoms with Crippen molar-refractivity contribution in [2.75, 3.05) is 39.4 Å². The molecule has 1 N–H and O–H groups in total. The molecular formula is C15H30N2O. The van der Waals surface area contributed by atoms with E-state index in [1.807, 2.05) is 0 Å². The molecule has 18 heavy (non-hydrogen) atoms. The molecule has 3 nitrogen and oxygen atoms in total. The van der Waals surface area contributed by atoms with Gasteiger partial charge in [-0.3, -0.25) is 0 Å². The average molecular weight is 254 g/mol. The van der Waals surface area contributed by atoms with Gasteiger partial charge in [-0.2, -0.15) is 0 Å². The van der Waals surface area contributed by atoms with Gasteiger partial charge in [-0.25, -0.2) is 0 Å². The molecule has 0 aromatic rings. The van der Waals surface area contributed by atoms with Crippen LogP contribution in [-0.4, -0.2) is 50.3 Å². The number of likely N-dealkylation sites (tertiary alicyclic amines) is 1. The van der Waals surface area contributed by atoms with Crippen molar-refractivity contribution in [3.05, 3.63) is 0 Å². The van der Waals surface area contributed by atoms with Crippen LogP contribution in [0.1, 0.15) is 40.0 Å². The van der Waals surface area contributed by atoms with E-state index >= 15 is 0 Å². The van der Waals surface area contributed by atoms with Gasteiger partial charge < -0.3 is 15.0 Å². The maximum atomic E-state index is 5.69. The summed E-state index contributed by atoms with van der Waals surface area (Å²) in [5.41, 5.74) is 0.366. The summed E-state index contributed by atoms with van der Waals surface area (Å²) in [7, 11) is 0. The Morgan fingerprint density at radius 1 is 1.33 bits per heavy atom. The first-order chi connectivity index (χ1) is 8.60. The molecule has 2 rings (SSSR count). The van der Waals surface area contributed by atoms with Crippen LogP contribution in [0.25, 0.3) is 0 Å². The minimum absolute atomic E-state index is 0.366. The minimum Gasteiger partial charge on any atom is -0.381 e. The van der Waals surface area contributed by atoms with Crippen molar-refractivity contribution in [1.29, 1.82) is 0 Å². The van der Waals surface area contributed by atoms with Gasteiger partial charge in [0.1, 0.15) is 0 Å². The molecule has 0 bridgehead atoms. The Kier molecular flexibility index (Phi) is 5.05. The predicted octanol–water partition coefficient (Wildman–Crippen LogP) is 2.12. The molecule has 2 heterocycles. The van der Waals surface area contributed by atoms with Gasteiger partial charge in [0, 0.05) is 31.2 Å². The fraction of sp³-hybridized carbons (Fsp3) is 1.00. The second kappa shape index (κ2) is 6.36. The van der Waals surface area contributed by atoms with Gasteiger partial charge in [-0.15, -0.1) is 0 Å². The molecule has 1 atom stereocenters. The molecular weight excluding hydrogens is 224 g/mol. The number of nitrogens with one attached hydrogen (secondary N) is 1. The van der Waals surface area contributed by atoms with Crippen LogP contribution in [0.15, 0.2) is 0 Å². The van der Waals surface area contributed by atoms with Gasteiger partial charge >= 0.3 is 0 Å². The van der Waals surface area contributed by atoms with Gasteiger partial charge in [-0.1, -0.05) is 20.8 Å². The van der Waals surface area contributed by atoms with Crippen LogP contribution in [0.5, 0.6) is 0 Å². The van der Waals surface area contributed by atoms with Crippen molar-refractivity contribution < 1.29 is 4.74 Å². The third kappa shape index (κ3) is 3.94. The van der Waals surface area contributed by atoms with Crippen LogP contribution in [0, 0.1) is 11.3 Å². The summed E-state index contributed by atoms with van der Waals surface area (Å²) >= 11 is 0. The number of ether oxygens (including phenoxy) is 1. The number of hydrogen-bond acceptors (Lipinski definition) is 3. The third-order valence-electron chi connectivity index (χ3n) is 4.51. The van der Waals surface area contributed by atoms with Gasteiger partial charge in [-0.05, 0) is 38.3 Å². The van der Waals surface area contributed by atoms with E-state index in [1.165, 1.54) is 38.9 Å². The van der Waals surface area contributed by atoms with Crippen LogP contribution in [-0.2, 0) is 4.74 Å². The second-order valence-corrected chi connectivity index (χ2v) is 6.80. The van der Waals surface area contributed by atoms with Gasteiger partial charge in [0.25, 0.3) is 0 Å². The second-order valence-electron chi connectivity index (χ2n) is 6.80. The molecule has 2 fully saturated rings. The first kappa shape index (κ1) is 14.3. The summed E-state index contributed by atoms with van der Waals surface area (Å²) in [6, 6.07) is 0.573. The Labute approximate surface area is 112 Å². The zero-order valence-corrected chi connectivity index (χ0v) is 12.4. The molecule has 0 radical (unpaired) electrons. The normalized spacial score (nSPS) is 31.3. The topological polar surface area (TPSA) is 24.5 Å². The molecule has 106 valence electrons. The van der Waals surface area contributed by atoms with Crippen molar-refractivity contribution in [1.82, 2.24) is 10.2 Å². The molecule has 1 unspecified atom stereocenters. The lowest BCUT2D eigenvalue weighted by Crippen LogP contribution is -2.48. The summed E-state index contributed by atoms with van der Waals surface area (Å²) in [5.74, 6) is 0.922. The number of hydrogen-bond donors (Lipinski definition) is 1. The van der Waals surface area contributed by atoms with E-state index in [0.29, 0.717) is 11.5 Å². The maximum Gasteiger partial charge on any atom is 0.0547 e. The molecule has 0 aromatic heterocycles. The van der Waals surface area contributed by atoms with E-state index in [-0.39, 0.29) is 0 Å². The van der Waals surface area contributed by atoms with E-state index in [2.05, 4.69) is 31.0 Å². The highest BCUT2D eigenvalue weighted by atomic mass is 16.5. The zero-order valence-electron chi connectivity index (χ0n) is 12.4. The summed E-state index contributed by atoms with van der Waals surface area (Å²) in [4.78, 5) is 2.66. The summed E-state index contributed by atoms with van der Waals surface area (Å²) in [6.45, 7) is 13.6. The molecule has 0 spiro atoms. The number of rotatable bonds is 5. The quantitative estimate of drug-likeness (QED) is 0.813. The van der Waals surface area contributed by atoms with E-state index < -0.39 is 0 Å². The van der Waals surface area contributed by atoms with E-state index in [4.69, 9.17) is 4.74 Å². The van der Waals surface area contributed by atoms with Crippen molar-refractivity contribution >= 4 is 0 Å². The molecule has 2 aliphatic heterocycles. The summed E-state index contributed by atoms with van der Waals surface area (Å²) in [5, 5.41) is 3.62. The number of nitrogens with zero attached hydrogens (tertiary/aromatic N) is 1.